The van der Waals surface area contributed by atoms with E-state index in [9.17, 15) is 14.7 Å². The molecule has 3 unspecified atom stereocenters. The summed E-state index contributed by atoms with van der Waals surface area (Å²) in [7, 11) is 0. The summed E-state index contributed by atoms with van der Waals surface area (Å²) in [4.78, 5) is 24.6. The molecule has 2 heterocycles. The van der Waals surface area contributed by atoms with Gasteiger partial charge in [0.2, 0.25) is 0 Å². The van der Waals surface area contributed by atoms with E-state index in [1.54, 1.807) is 0 Å². The van der Waals surface area contributed by atoms with E-state index in [-0.39, 0.29) is 25.1 Å². The molecular formula is C17H20N2O5. The normalized spacial score (nSPS) is 23.5. The maximum absolute atomic E-state index is 12.6. The minimum atomic E-state index is -0.836. The molecule has 1 aromatic carbocycles. The van der Waals surface area contributed by atoms with Crippen LogP contribution in [-0.4, -0.2) is 38.2 Å². The molecule has 3 atom stereocenters. The lowest BCUT2D eigenvalue weighted by atomic mass is 10.1. The number of benzene rings is 1. The summed E-state index contributed by atoms with van der Waals surface area (Å²) in [5.41, 5.74) is 0.186. The average Bonchev–Trinajstić information content (AvgIpc) is 2.96. The van der Waals surface area contributed by atoms with Gasteiger partial charge in [-0.3, -0.25) is 13.9 Å². The molecule has 0 spiro atoms. The van der Waals surface area contributed by atoms with Crippen LogP contribution in [0.2, 0.25) is 0 Å². The Morgan fingerprint density at radius 2 is 1.92 bits per heavy atom. The Bertz CT molecular complexity index is 799. The molecule has 0 amide bonds. The van der Waals surface area contributed by atoms with E-state index in [1.165, 1.54) is 16.8 Å². The number of aryl methyl sites for hydroxylation is 1. The quantitative estimate of drug-likeness (QED) is 0.797. The van der Waals surface area contributed by atoms with Crippen LogP contribution >= 0.6 is 0 Å². The molecule has 1 aromatic heterocycles. The summed E-state index contributed by atoms with van der Waals surface area (Å²) in [6, 6.07) is 10.9. The van der Waals surface area contributed by atoms with Crippen LogP contribution in [0.1, 0.15) is 18.2 Å². The number of aromatic nitrogens is 2. The third-order valence-electron chi connectivity index (χ3n) is 4.26. The van der Waals surface area contributed by atoms with Gasteiger partial charge in [-0.1, -0.05) is 30.3 Å². The van der Waals surface area contributed by atoms with E-state index in [0.717, 1.165) is 10.1 Å². The molecule has 128 valence electrons. The number of ether oxygens (including phenoxy) is 1. The van der Waals surface area contributed by atoms with E-state index < -0.39 is 24.1 Å². The van der Waals surface area contributed by atoms with Crippen molar-refractivity contribution in [2.45, 2.75) is 37.8 Å². The molecule has 2 aromatic rings. The summed E-state index contributed by atoms with van der Waals surface area (Å²) in [6.45, 7) is -0.0543. The number of hydrogen-bond acceptors (Lipinski definition) is 5. The summed E-state index contributed by atoms with van der Waals surface area (Å²) in [6.07, 6.45) is -0.104. The predicted molar refractivity (Wildman–Crippen MR) is 86.7 cm³/mol. The fourth-order valence-corrected chi connectivity index (χ4v) is 2.89. The van der Waals surface area contributed by atoms with Crippen LogP contribution < -0.4 is 11.2 Å². The number of nitrogens with zero attached hydrogens (tertiary/aromatic N) is 2. The molecule has 2 N–H and O–H groups in total. The second-order valence-corrected chi connectivity index (χ2v) is 5.85. The number of hydrogen-bond donors (Lipinski definition) is 2. The van der Waals surface area contributed by atoms with Gasteiger partial charge in [-0.2, -0.15) is 0 Å². The third kappa shape index (κ3) is 3.33. The van der Waals surface area contributed by atoms with Crippen molar-refractivity contribution in [2.24, 2.45) is 0 Å². The van der Waals surface area contributed by atoms with Crippen LogP contribution in [0.15, 0.2) is 52.2 Å². The van der Waals surface area contributed by atoms with Gasteiger partial charge in [0.1, 0.15) is 12.3 Å². The lowest BCUT2D eigenvalue weighted by molar-refractivity contribution is -0.0463. The van der Waals surface area contributed by atoms with Gasteiger partial charge in [0.05, 0.1) is 12.7 Å². The van der Waals surface area contributed by atoms with Crippen molar-refractivity contribution in [2.75, 3.05) is 6.61 Å². The first kappa shape index (κ1) is 16.6. The van der Waals surface area contributed by atoms with Gasteiger partial charge in [-0.15, -0.1) is 0 Å². The lowest BCUT2D eigenvalue weighted by Gasteiger charge is -2.16. The molecule has 0 aliphatic carbocycles. The van der Waals surface area contributed by atoms with Crippen LogP contribution in [0.25, 0.3) is 0 Å². The molecular weight excluding hydrogens is 312 g/mol. The van der Waals surface area contributed by atoms with Gasteiger partial charge in [-0.25, -0.2) is 4.79 Å². The molecule has 1 fully saturated rings. The Hall–Kier alpha value is -2.22. The molecule has 3 rings (SSSR count). The third-order valence-corrected chi connectivity index (χ3v) is 4.26. The fraction of sp³-hybridized carbons (Fsp3) is 0.412. The average molecular weight is 332 g/mol. The van der Waals surface area contributed by atoms with Crippen molar-refractivity contribution in [3.8, 4) is 0 Å². The monoisotopic (exact) mass is 332 g/mol. The Labute approximate surface area is 138 Å². The Kier molecular flexibility index (Phi) is 4.94. The van der Waals surface area contributed by atoms with Gasteiger partial charge in [0, 0.05) is 25.2 Å². The first-order chi connectivity index (χ1) is 11.6. The van der Waals surface area contributed by atoms with Crippen molar-refractivity contribution in [3.63, 3.8) is 0 Å². The van der Waals surface area contributed by atoms with Crippen LogP contribution in [0.3, 0.4) is 0 Å². The first-order valence-corrected chi connectivity index (χ1v) is 7.90. The summed E-state index contributed by atoms with van der Waals surface area (Å²) >= 11 is 0. The molecule has 0 saturated carbocycles. The minimum Gasteiger partial charge on any atom is -0.394 e. The number of rotatable bonds is 5. The second kappa shape index (κ2) is 7.12. The molecule has 0 radical (unpaired) electrons. The molecule has 1 saturated heterocycles. The van der Waals surface area contributed by atoms with E-state index in [1.807, 2.05) is 30.3 Å². The minimum absolute atomic E-state index is 0.196. The molecule has 0 bridgehead atoms. The topological polar surface area (TPSA) is 93.7 Å². The molecule has 1 aliphatic heterocycles. The van der Waals surface area contributed by atoms with Crippen molar-refractivity contribution in [1.29, 1.82) is 0 Å². The molecule has 7 heteroatoms. The Balaban J connectivity index is 1.83. The molecule has 7 nitrogen and oxygen atoms in total. The zero-order chi connectivity index (χ0) is 17.1. The van der Waals surface area contributed by atoms with Crippen molar-refractivity contribution in [3.05, 3.63) is 69.0 Å². The zero-order valence-corrected chi connectivity index (χ0v) is 13.1. The van der Waals surface area contributed by atoms with Crippen LogP contribution in [-0.2, 0) is 17.7 Å². The van der Waals surface area contributed by atoms with Crippen LogP contribution in [0.5, 0.6) is 0 Å². The highest BCUT2D eigenvalue weighted by Crippen LogP contribution is 2.26. The standard InChI is InChI=1S/C17H20N2O5/c20-11-14-13(21)10-16(24-14)19-9-7-15(22)18(17(19)23)8-6-12-4-2-1-3-5-12/h1-5,7,9,13-14,16,20-21H,6,8,10-11H2. The largest absolute Gasteiger partial charge is 0.394 e. The number of aliphatic hydroxyl groups is 2. The van der Waals surface area contributed by atoms with E-state index in [2.05, 4.69) is 0 Å². The van der Waals surface area contributed by atoms with Gasteiger partial charge >= 0.3 is 5.69 Å². The van der Waals surface area contributed by atoms with E-state index in [0.29, 0.717) is 6.42 Å². The maximum Gasteiger partial charge on any atom is 0.333 e. The summed E-state index contributed by atoms with van der Waals surface area (Å²) in [5, 5.41) is 19.0. The van der Waals surface area contributed by atoms with Crippen molar-refractivity contribution < 1.29 is 14.9 Å². The second-order valence-electron chi connectivity index (χ2n) is 5.85. The van der Waals surface area contributed by atoms with Crippen LogP contribution in [0, 0.1) is 0 Å². The highest BCUT2D eigenvalue weighted by Gasteiger charge is 2.35. The van der Waals surface area contributed by atoms with Gasteiger partial charge < -0.3 is 14.9 Å². The van der Waals surface area contributed by atoms with E-state index >= 15 is 0 Å². The van der Waals surface area contributed by atoms with Crippen molar-refractivity contribution >= 4 is 0 Å². The van der Waals surface area contributed by atoms with Gasteiger partial charge in [0.25, 0.3) is 5.56 Å². The molecule has 24 heavy (non-hydrogen) atoms. The smallest absolute Gasteiger partial charge is 0.333 e. The van der Waals surface area contributed by atoms with Crippen molar-refractivity contribution in [1.82, 2.24) is 9.13 Å². The predicted octanol–water partition coefficient (Wildman–Crippen LogP) is -0.107. The van der Waals surface area contributed by atoms with Crippen LogP contribution in [0.4, 0.5) is 0 Å². The fourth-order valence-electron chi connectivity index (χ4n) is 2.89. The highest BCUT2D eigenvalue weighted by molar-refractivity contribution is 5.14. The summed E-state index contributed by atoms with van der Waals surface area (Å²) < 4.78 is 7.95. The Morgan fingerprint density at radius 1 is 1.17 bits per heavy atom. The SMILES string of the molecule is O=c1ccn(C2CC(O)C(CO)O2)c(=O)n1CCc1ccccc1. The molecule has 1 aliphatic rings. The Morgan fingerprint density at radius 3 is 2.58 bits per heavy atom. The number of aliphatic hydroxyl groups excluding tert-OH is 2. The van der Waals surface area contributed by atoms with Gasteiger partial charge in [0.15, 0.2) is 0 Å². The first-order valence-electron chi connectivity index (χ1n) is 7.90. The highest BCUT2D eigenvalue weighted by atomic mass is 16.5. The van der Waals surface area contributed by atoms with Gasteiger partial charge in [-0.05, 0) is 12.0 Å². The zero-order valence-electron chi connectivity index (χ0n) is 13.1. The lowest BCUT2D eigenvalue weighted by Crippen LogP contribution is -2.41. The summed E-state index contributed by atoms with van der Waals surface area (Å²) in [5.74, 6) is 0. The maximum atomic E-state index is 12.6. The van der Waals surface area contributed by atoms with E-state index in [4.69, 9.17) is 9.84 Å².